The minimum absolute atomic E-state index is 0.00475. The van der Waals surface area contributed by atoms with Gasteiger partial charge in [0.15, 0.2) is 0 Å². The largest absolute Gasteiger partial charge is 0.330 e. The Morgan fingerprint density at radius 1 is 1.10 bits per heavy atom. The molecule has 0 aromatic heterocycles. The van der Waals surface area contributed by atoms with Crippen molar-refractivity contribution in [2.24, 2.45) is 11.5 Å². The maximum absolute atomic E-state index is 6.15. The second-order valence-corrected chi connectivity index (χ2v) is 5.68. The molecule has 1 heterocycles. The molecule has 7 nitrogen and oxygen atoms in total. The predicted molar refractivity (Wildman–Crippen MR) is 88.5 cm³/mol. The summed E-state index contributed by atoms with van der Waals surface area (Å²) in [5.41, 5.74) is 18.3. The number of hydrazine groups is 1. The lowest BCUT2D eigenvalue weighted by atomic mass is 10.1. The highest BCUT2D eigenvalue weighted by atomic mass is 15.4. The molecule has 0 aromatic carbocycles. The van der Waals surface area contributed by atoms with Crippen molar-refractivity contribution in [3.8, 4) is 0 Å². The van der Waals surface area contributed by atoms with Crippen molar-refractivity contribution in [2.45, 2.75) is 51.5 Å². The van der Waals surface area contributed by atoms with Gasteiger partial charge in [0.2, 0.25) is 0 Å². The van der Waals surface area contributed by atoms with E-state index >= 15 is 0 Å². The van der Waals surface area contributed by atoms with Crippen molar-refractivity contribution in [3.63, 3.8) is 0 Å². The molecule has 1 aliphatic rings. The van der Waals surface area contributed by atoms with Crippen LogP contribution in [0, 0.1) is 0 Å². The van der Waals surface area contributed by atoms with E-state index in [-0.39, 0.29) is 12.3 Å². The highest BCUT2D eigenvalue weighted by molar-refractivity contribution is 4.79. The second-order valence-electron chi connectivity index (χ2n) is 5.68. The van der Waals surface area contributed by atoms with E-state index in [0.717, 1.165) is 52.0 Å². The lowest BCUT2D eigenvalue weighted by Gasteiger charge is -2.32. The van der Waals surface area contributed by atoms with Crippen molar-refractivity contribution >= 4 is 0 Å². The van der Waals surface area contributed by atoms with E-state index in [4.69, 9.17) is 11.5 Å². The van der Waals surface area contributed by atoms with Crippen LogP contribution in [0.5, 0.6) is 0 Å². The molecule has 0 aromatic rings. The summed E-state index contributed by atoms with van der Waals surface area (Å²) in [7, 11) is 0. The van der Waals surface area contributed by atoms with Gasteiger partial charge in [0.1, 0.15) is 0 Å². The number of nitrogens with two attached hydrogens (primary N) is 2. The summed E-state index contributed by atoms with van der Waals surface area (Å²) < 4.78 is 0. The molecule has 8 N–H and O–H groups in total. The summed E-state index contributed by atoms with van der Waals surface area (Å²) in [6, 6.07) is 0.349. The first kappa shape index (κ1) is 18.8. The van der Waals surface area contributed by atoms with Crippen LogP contribution in [0.3, 0.4) is 0 Å². The molecule has 0 saturated carbocycles. The number of hydrogen-bond donors (Lipinski definition) is 6. The van der Waals surface area contributed by atoms with Crippen LogP contribution in [-0.4, -0.2) is 62.5 Å². The summed E-state index contributed by atoms with van der Waals surface area (Å²) in [5.74, 6) is 0. The third-order valence-corrected chi connectivity index (χ3v) is 4.05. The van der Waals surface area contributed by atoms with E-state index in [1.807, 2.05) is 0 Å². The Kier molecular flexibility index (Phi) is 10.1. The van der Waals surface area contributed by atoms with E-state index < -0.39 is 0 Å². The fourth-order valence-electron chi connectivity index (χ4n) is 2.65. The standard InChI is InChI=1S/C14H35N7/c1-3-21(4-2)10-7-14-19-12(5-8-15)11-18-17-9-6-13(16)20-14/h12-14,17-20H,3-11,15-16H2,1-2H3. The van der Waals surface area contributed by atoms with Gasteiger partial charge in [-0.25, -0.2) is 0 Å². The van der Waals surface area contributed by atoms with Crippen molar-refractivity contribution in [2.75, 3.05) is 39.3 Å². The van der Waals surface area contributed by atoms with Gasteiger partial charge in [-0.3, -0.25) is 21.5 Å². The van der Waals surface area contributed by atoms with E-state index in [0.29, 0.717) is 12.6 Å². The zero-order valence-corrected chi connectivity index (χ0v) is 13.7. The summed E-state index contributed by atoms with van der Waals surface area (Å²) in [4.78, 5) is 2.44. The summed E-state index contributed by atoms with van der Waals surface area (Å²) >= 11 is 0. The Morgan fingerprint density at radius 2 is 1.86 bits per heavy atom. The normalized spacial score (nSPS) is 28.7. The van der Waals surface area contributed by atoms with Crippen molar-refractivity contribution in [1.82, 2.24) is 26.4 Å². The number of nitrogens with one attached hydrogen (secondary N) is 4. The van der Waals surface area contributed by atoms with Crippen LogP contribution in [0.2, 0.25) is 0 Å². The topological polar surface area (TPSA) is 103 Å². The number of rotatable bonds is 7. The van der Waals surface area contributed by atoms with E-state index in [2.05, 4.69) is 40.2 Å². The zero-order valence-electron chi connectivity index (χ0n) is 13.7. The molecule has 126 valence electrons. The average molecular weight is 301 g/mol. The lowest BCUT2D eigenvalue weighted by molar-refractivity contribution is 0.234. The molecule has 0 aliphatic carbocycles. The van der Waals surface area contributed by atoms with Gasteiger partial charge in [-0.1, -0.05) is 13.8 Å². The van der Waals surface area contributed by atoms with Crippen LogP contribution in [0.1, 0.15) is 33.1 Å². The summed E-state index contributed by atoms with van der Waals surface area (Å²) in [6.45, 7) is 10.1. The highest BCUT2D eigenvalue weighted by Crippen LogP contribution is 2.00. The molecule has 1 saturated heterocycles. The minimum Gasteiger partial charge on any atom is -0.330 e. The molecule has 3 atom stereocenters. The Morgan fingerprint density at radius 3 is 2.52 bits per heavy atom. The van der Waals surface area contributed by atoms with Gasteiger partial charge in [-0.15, -0.1) is 0 Å². The molecule has 21 heavy (non-hydrogen) atoms. The zero-order chi connectivity index (χ0) is 15.5. The Hall–Kier alpha value is -0.280. The molecule has 0 amide bonds. The van der Waals surface area contributed by atoms with Crippen LogP contribution in [0.4, 0.5) is 0 Å². The van der Waals surface area contributed by atoms with Crippen molar-refractivity contribution < 1.29 is 0 Å². The molecule has 7 heteroatoms. The molecular weight excluding hydrogens is 266 g/mol. The molecule has 1 aliphatic heterocycles. The van der Waals surface area contributed by atoms with Gasteiger partial charge in [0, 0.05) is 25.7 Å². The van der Waals surface area contributed by atoms with Gasteiger partial charge in [0.05, 0.1) is 12.3 Å². The molecule has 1 rings (SSSR count). The third kappa shape index (κ3) is 8.06. The van der Waals surface area contributed by atoms with Gasteiger partial charge < -0.3 is 16.4 Å². The molecule has 1 fully saturated rings. The van der Waals surface area contributed by atoms with Gasteiger partial charge in [-0.2, -0.15) is 0 Å². The summed E-state index contributed by atoms with van der Waals surface area (Å²) in [6.07, 6.45) is 3.14. The average Bonchev–Trinajstić information content (AvgIpc) is 2.47. The molecule has 0 spiro atoms. The van der Waals surface area contributed by atoms with Crippen LogP contribution < -0.4 is 33.0 Å². The van der Waals surface area contributed by atoms with Gasteiger partial charge >= 0.3 is 0 Å². The quantitative estimate of drug-likeness (QED) is 0.348. The summed E-state index contributed by atoms with van der Waals surface area (Å²) in [5, 5.41) is 7.17. The molecular formula is C14H35N7. The highest BCUT2D eigenvalue weighted by Gasteiger charge is 2.18. The first-order valence-electron chi connectivity index (χ1n) is 8.35. The smallest absolute Gasteiger partial charge is 0.0598 e. The van der Waals surface area contributed by atoms with Crippen molar-refractivity contribution in [1.29, 1.82) is 0 Å². The predicted octanol–water partition coefficient (Wildman–Crippen LogP) is -1.28. The molecule has 0 radical (unpaired) electrons. The Bertz CT molecular complexity index is 247. The molecule has 3 unspecified atom stereocenters. The van der Waals surface area contributed by atoms with E-state index in [9.17, 15) is 0 Å². The SMILES string of the molecule is CCN(CC)CCC1NC(N)CCNNCC(CCN)N1. The Labute approximate surface area is 129 Å². The Balaban J connectivity index is 2.54. The minimum atomic E-state index is 0.00475. The van der Waals surface area contributed by atoms with E-state index in [1.165, 1.54) is 0 Å². The fraction of sp³-hybridized carbons (Fsp3) is 1.00. The molecule has 0 bridgehead atoms. The van der Waals surface area contributed by atoms with Gasteiger partial charge in [-0.05, 0) is 38.9 Å². The van der Waals surface area contributed by atoms with Crippen molar-refractivity contribution in [3.05, 3.63) is 0 Å². The third-order valence-electron chi connectivity index (χ3n) is 4.05. The lowest BCUT2D eigenvalue weighted by Crippen LogP contribution is -2.59. The van der Waals surface area contributed by atoms with Crippen LogP contribution in [-0.2, 0) is 0 Å². The fourth-order valence-corrected chi connectivity index (χ4v) is 2.65. The van der Waals surface area contributed by atoms with E-state index in [1.54, 1.807) is 0 Å². The second kappa shape index (κ2) is 11.3. The number of hydrogen-bond acceptors (Lipinski definition) is 7. The maximum Gasteiger partial charge on any atom is 0.0598 e. The maximum atomic E-state index is 6.15. The first-order valence-corrected chi connectivity index (χ1v) is 8.35. The van der Waals surface area contributed by atoms with Crippen LogP contribution in [0.15, 0.2) is 0 Å². The number of nitrogens with zero attached hydrogens (tertiary/aromatic N) is 1. The van der Waals surface area contributed by atoms with Gasteiger partial charge in [0.25, 0.3) is 0 Å². The monoisotopic (exact) mass is 301 g/mol. The van der Waals surface area contributed by atoms with Crippen LogP contribution >= 0.6 is 0 Å². The van der Waals surface area contributed by atoms with Crippen LogP contribution in [0.25, 0.3) is 0 Å². The first-order chi connectivity index (χ1) is 10.2.